The molecule has 26 heavy (non-hydrogen) atoms. The van der Waals surface area contributed by atoms with E-state index in [0.717, 1.165) is 21.0 Å². The number of aliphatic hydroxyl groups is 1. The number of carbonyl (C=O) groups is 1. The number of hydrogen-bond donors (Lipinski definition) is 1. The number of aryl methyl sites for hydroxylation is 2. The van der Waals surface area contributed by atoms with Crippen LogP contribution in [-0.2, 0) is 14.8 Å². The normalized spacial score (nSPS) is 20.7. The molecule has 0 radical (unpaired) electrons. The maximum absolute atomic E-state index is 12.4. The molecule has 1 fully saturated rings. The van der Waals surface area contributed by atoms with Crippen molar-refractivity contribution in [3.05, 3.63) is 28.8 Å². The second kappa shape index (κ2) is 7.94. The summed E-state index contributed by atoms with van der Waals surface area (Å²) >= 11 is 0. The summed E-state index contributed by atoms with van der Waals surface area (Å²) in [5, 5.41) is 10.1. The summed E-state index contributed by atoms with van der Waals surface area (Å²) in [5.41, 5.74) is 3.04. The molecule has 1 heterocycles. The van der Waals surface area contributed by atoms with Crippen LogP contribution in [0.3, 0.4) is 0 Å². The Morgan fingerprint density at radius 1 is 1.23 bits per heavy atom. The van der Waals surface area contributed by atoms with Gasteiger partial charge in [-0.05, 0) is 37.5 Å². The Bertz CT molecular complexity index is 776. The van der Waals surface area contributed by atoms with Gasteiger partial charge >= 0.3 is 0 Å². The van der Waals surface area contributed by atoms with Crippen molar-refractivity contribution >= 4 is 15.9 Å². The highest BCUT2D eigenvalue weighted by Crippen LogP contribution is 2.26. The van der Waals surface area contributed by atoms with Gasteiger partial charge in [-0.1, -0.05) is 12.1 Å². The molecule has 7 nitrogen and oxygen atoms in total. The molecule has 0 unspecified atom stereocenters. The van der Waals surface area contributed by atoms with Gasteiger partial charge in [-0.3, -0.25) is 4.79 Å². The van der Waals surface area contributed by atoms with Crippen molar-refractivity contribution < 1.29 is 23.1 Å². The summed E-state index contributed by atoms with van der Waals surface area (Å²) < 4.78 is 30.9. The Morgan fingerprint density at radius 3 is 2.46 bits per heavy atom. The van der Waals surface area contributed by atoms with Crippen LogP contribution in [-0.4, -0.2) is 74.3 Å². The molecule has 0 aliphatic carbocycles. The molecule has 1 N–H and O–H groups in total. The van der Waals surface area contributed by atoms with Gasteiger partial charge in [0, 0.05) is 33.1 Å². The first-order chi connectivity index (χ1) is 12.0. The van der Waals surface area contributed by atoms with Crippen molar-refractivity contribution in [1.82, 2.24) is 9.21 Å². The molecule has 2 rings (SSSR count). The minimum Gasteiger partial charge on any atom is -0.483 e. The van der Waals surface area contributed by atoms with E-state index < -0.39 is 22.0 Å². The summed E-state index contributed by atoms with van der Waals surface area (Å²) in [6, 6.07) is 3.95. The molecule has 0 aromatic heterocycles. The van der Waals surface area contributed by atoms with Crippen LogP contribution in [0.25, 0.3) is 0 Å². The molecule has 1 aliphatic rings. The fourth-order valence-corrected chi connectivity index (χ4v) is 4.18. The van der Waals surface area contributed by atoms with Crippen LogP contribution in [0.2, 0.25) is 0 Å². The Kier molecular flexibility index (Phi) is 6.31. The zero-order valence-corrected chi connectivity index (χ0v) is 16.8. The van der Waals surface area contributed by atoms with E-state index in [4.69, 9.17) is 4.74 Å². The SMILES string of the molecule is Cc1ccc(C)c(OCC(=O)N2C[C@@H](CS(=O)(=O)N(C)C)[C@H](O)C2)c1C. The zero-order chi connectivity index (χ0) is 19.6. The first-order valence-electron chi connectivity index (χ1n) is 8.58. The number of amides is 1. The lowest BCUT2D eigenvalue weighted by Gasteiger charge is -2.19. The van der Waals surface area contributed by atoms with E-state index in [1.807, 2.05) is 32.9 Å². The van der Waals surface area contributed by atoms with Crippen LogP contribution in [0, 0.1) is 26.7 Å². The van der Waals surface area contributed by atoms with Gasteiger partial charge in [-0.2, -0.15) is 0 Å². The number of hydrogen-bond acceptors (Lipinski definition) is 5. The zero-order valence-electron chi connectivity index (χ0n) is 16.0. The van der Waals surface area contributed by atoms with Crippen molar-refractivity contribution in [1.29, 1.82) is 0 Å². The molecule has 146 valence electrons. The number of nitrogens with zero attached hydrogens (tertiary/aromatic N) is 2. The lowest BCUT2D eigenvalue weighted by molar-refractivity contribution is -0.132. The van der Waals surface area contributed by atoms with Crippen LogP contribution in [0.5, 0.6) is 5.75 Å². The lowest BCUT2D eigenvalue weighted by Crippen LogP contribution is -2.35. The first-order valence-corrected chi connectivity index (χ1v) is 10.2. The molecule has 1 aliphatic heterocycles. The molecule has 8 heteroatoms. The quantitative estimate of drug-likeness (QED) is 0.780. The Labute approximate surface area is 155 Å². The number of ether oxygens (including phenoxy) is 1. The van der Waals surface area contributed by atoms with Gasteiger partial charge in [0.15, 0.2) is 6.61 Å². The van der Waals surface area contributed by atoms with Crippen molar-refractivity contribution in [3.63, 3.8) is 0 Å². The topological polar surface area (TPSA) is 87.2 Å². The van der Waals surface area contributed by atoms with Crippen LogP contribution < -0.4 is 4.74 Å². The van der Waals surface area contributed by atoms with Gasteiger partial charge in [0.25, 0.3) is 5.91 Å². The highest BCUT2D eigenvalue weighted by Gasteiger charge is 2.37. The third kappa shape index (κ3) is 4.55. The minimum absolute atomic E-state index is 0.127. The number of carbonyl (C=O) groups excluding carboxylic acids is 1. The van der Waals surface area contributed by atoms with E-state index >= 15 is 0 Å². The second-order valence-electron chi connectivity index (χ2n) is 7.13. The smallest absolute Gasteiger partial charge is 0.260 e. The van der Waals surface area contributed by atoms with Crippen molar-refractivity contribution in [2.24, 2.45) is 5.92 Å². The molecule has 0 saturated carbocycles. The molecule has 1 aromatic rings. The minimum atomic E-state index is -3.43. The van der Waals surface area contributed by atoms with Crippen LogP contribution in [0.1, 0.15) is 16.7 Å². The second-order valence-corrected chi connectivity index (χ2v) is 9.36. The van der Waals surface area contributed by atoms with E-state index in [1.54, 1.807) is 0 Å². The molecular weight excluding hydrogens is 356 g/mol. The number of β-amino-alcohol motifs (C(OH)–C–C–N with tert-alkyl or cyclic N) is 1. The monoisotopic (exact) mass is 384 g/mol. The first kappa shape index (κ1) is 20.7. The highest BCUT2D eigenvalue weighted by atomic mass is 32.2. The molecule has 1 amide bonds. The van der Waals surface area contributed by atoms with E-state index in [0.29, 0.717) is 5.75 Å². The van der Waals surface area contributed by atoms with E-state index in [2.05, 4.69) is 0 Å². The molecular formula is C18H28N2O5S. The fourth-order valence-electron chi connectivity index (χ4n) is 3.01. The van der Waals surface area contributed by atoms with E-state index in [-0.39, 0.29) is 31.4 Å². The average molecular weight is 384 g/mol. The summed E-state index contributed by atoms with van der Waals surface area (Å²) in [4.78, 5) is 13.9. The lowest BCUT2D eigenvalue weighted by atomic mass is 10.1. The third-order valence-electron chi connectivity index (χ3n) is 4.95. The average Bonchev–Trinajstić information content (AvgIpc) is 2.91. The number of aliphatic hydroxyl groups excluding tert-OH is 1. The Balaban J connectivity index is 1.98. The van der Waals surface area contributed by atoms with Gasteiger partial charge in [0.2, 0.25) is 10.0 Å². The van der Waals surface area contributed by atoms with Gasteiger partial charge in [0.1, 0.15) is 5.75 Å². The van der Waals surface area contributed by atoms with Crippen LogP contribution in [0.4, 0.5) is 0 Å². The summed E-state index contributed by atoms with van der Waals surface area (Å²) in [6.07, 6.45) is -0.851. The predicted molar refractivity (Wildman–Crippen MR) is 99.7 cm³/mol. The van der Waals surface area contributed by atoms with Crippen LogP contribution >= 0.6 is 0 Å². The van der Waals surface area contributed by atoms with Gasteiger partial charge in [-0.25, -0.2) is 12.7 Å². The molecule has 0 bridgehead atoms. The Morgan fingerprint density at radius 2 is 1.85 bits per heavy atom. The molecule has 2 atom stereocenters. The van der Waals surface area contributed by atoms with Crippen LogP contribution in [0.15, 0.2) is 12.1 Å². The standard InChI is InChI=1S/C18H28N2O5S/c1-12-6-7-13(2)18(14(12)3)25-10-17(22)20-8-15(16(21)9-20)11-26(23,24)19(4)5/h6-7,15-16,21H,8-11H2,1-5H3/t15-,16+/m0/s1. The van der Waals surface area contributed by atoms with E-state index in [9.17, 15) is 18.3 Å². The molecule has 1 saturated heterocycles. The third-order valence-corrected chi connectivity index (χ3v) is 6.92. The van der Waals surface area contributed by atoms with Crippen molar-refractivity contribution in [2.75, 3.05) is 39.5 Å². The maximum Gasteiger partial charge on any atom is 0.260 e. The molecule has 1 aromatic carbocycles. The maximum atomic E-state index is 12.4. The predicted octanol–water partition coefficient (Wildman–Crippen LogP) is 0.701. The number of sulfonamides is 1. The van der Waals surface area contributed by atoms with Crippen molar-refractivity contribution in [2.45, 2.75) is 26.9 Å². The Hall–Kier alpha value is -1.64. The van der Waals surface area contributed by atoms with E-state index in [1.165, 1.54) is 19.0 Å². The molecule has 0 spiro atoms. The summed E-state index contributed by atoms with van der Waals surface area (Å²) in [6.45, 7) is 6.06. The fraction of sp³-hybridized carbons (Fsp3) is 0.611. The highest BCUT2D eigenvalue weighted by molar-refractivity contribution is 7.89. The van der Waals surface area contributed by atoms with Crippen molar-refractivity contribution in [3.8, 4) is 5.75 Å². The van der Waals surface area contributed by atoms with Gasteiger partial charge in [0.05, 0.1) is 11.9 Å². The number of rotatable bonds is 6. The summed E-state index contributed by atoms with van der Waals surface area (Å²) in [7, 11) is -0.514. The van der Waals surface area contributed by atoms with Gasteiger partial charge in [-0.15, -0.1) is 0 Å². The number of likely N-dealkylation sites (tertiary alicyclic amines) is 1. The van der Waals surface area contributed by atoms with Gasteiger partial charge < -0.3 is 14.7 Å². The summed E-state index contributed by atoms with van der Waals surface area (Å²) in [5.74, 6) is -0.227. The largest absolute Gasteiger partial charge is 0.483 e. The number of benzene rings is 1.